The van der Waals surface area contributed by atoms with Crippen LogP contribution in [0.1, 0.15) is 22.5 Å². The van der Waals surface area contributed by atoms with E-state index in [-0.39, 0.29) is 37.6 Å². The summed E-state index contributed by atoms with van der Waals surface area (Å²) < 4.78 is 27.2. The van der Waals surface area contributed by atoms with Crippen LogP contribution in [0.4, 0.5) is 0 Å². The van der Waals surface area contributed by atoms with E-state index >= 15 is 0 Å². The molecular weight excluding hydrogens is 416 g/mol. The third-order valence-electron chi connectivity index (χ3n) is 4.09. The first-order chi connectivity index (χ1) is 12.4. The molecule has 1 fully saturated rings. The van der Waals surface area contributed by atoms with Gasteiger partial charge in [-0.25, -0.2) is 8.42 Å². The molecule has 2 aromatic heterocycles. The van der Waals surface area contributed by atoms with Crippen LogP contribution in [-0.2, 0) is 14.8 Å². The van der Waals surface area contributed by atoms with E-state index in [1.165, 1.54) is 27.0 Å². The van der Waals surface area contributed by atoms with E-state index in [0.29, 0.717) is 26.5 Å². The van der Waals surface area contributed by atoms with Crippen molar-refractivity contribution in [3.63, 3.8) is 0 Å². The first kappa shape index (κ1) is 19.5. The minimum atomic E-state index is -3.48. The molecule has 1 aliphatic rings. The van der Waals surface area contributed by atoms with Gasteiger partial charge in [0.15, 0.2) is 5.78 Å². The zero-order valence-corrected chi connectivity index (χ0v) is 17.0. The van der Waals surface area contributed by atoms with Crippen LogP contribution in [0.5, 0.6) is 0 Å². The first-order valence-corrected chi connectivity index (χ1v) is 11.5. The Morgan fingerprint density at radius 2 is 1.81 bits per heavy atom. The maximum atomic E-state index is 12.5. The monoisotopic (exact) mass is 432 g/mol. The van der Waals surface area contributed by atoms with Crippen molar-refractivity contribution in [1.82, 2.24) is 9.21 Å². The Hall–Kier alpha value is -1.26. The number of amides is 1. The van der Waals surface area contributed by atoms with Crippen molar-refractivity contribution in [2.75, 3.05) is 26.2 Å². The highest BCUT2D eigenvalue weighted by Gasteiger charge is 2.30. The number of nitrogens with zero attached hydrogens (tertiary/aromatic N) is 2. The molecule has 0 aromatic carbocycles. The van der Waals surface area contributed by atoms with Gasteiger partial charge in [-0.2, -0.15) is 4.31 Å². The molecule has 0 unspecified atom stereocenters. The van der Waals surface area contributed by atoms with E-state index in [1.54, 1.807) is 34.5 Å². The summed E-state index contributed by atoms with van der Waals surface area (Å²) in [5.41, 5.74) is 0. The third kappa shape index (κ3) is 4.34. The molecule has 1 aliphatic heterocycles. The Morgan fingerprint density at radius 1 is 1.08 bits per heavy atom. The lowest BCUT2D eigenvalue weighted by Crippen LogP contribution is -2.50. The summed E-state index contributed by atoms with van der Waals surface area (Å²) >= 11 is 8.20. The number of sulfonamides is 1. The average Bonchev–Trinajstić information content (AvgIpc) is 3.31. The Labute approximate surface area is 165 Å². The fraction of sp³-hybridized carbons (Fsp3) is 0.375. The highest BCUT2D eigenvalue weighted by molar-refractivity contribution is 7.91. The van der Waals surface area contributed by atoms with Crippen LogP contribution in [0.15, 0.2) is 33.9 Å². The normalized spacial score (nSPS) is 16.0. The van der Waals surface area contributed by atoms with Crippen molar-refractivity contribution in [3.8, 4) is 0 Å². The Balaban J connectivity index is 1.50. The Kier molecular flexibility index (Phi) is 6.13. The molecule has 10 heteroatoms. The molecule has 0 spiro atoms. The molecule has 0 atom stereocenters. The molecule has 2 aromatic rings. The highest BCUT2D eigenvalue weighted by Crippen LogP contribution is 2.24. The van der Waals surface area contributed by atoms with Crippen molar-refractivity contribution in [2.45, 2.75) is 17.1 Å². The molecule has 6 nitrogen and oxygen atoms in total. The molecule has 1 saturated heterocycles. The van der Waals surface area contributed by atoms with Gasteiger partial charge in [0.1, 0.15) is 4.21 Å². The van der Waals surface area contributed by atoms with Crippen LogP contribution in [0.2, 0.25) is 4.34 Å². The molecule has 0 aliphatic carbocycles. The van der Waals surface area contributed by atoms with Crippen molar-refractivity contribution in [1.29, 1.82) is 0 Å². The quantitative estimate of drug-likeness (QED) is 0.657. The van der Waals surface area contributed by atoms with Crippen molar-refractivity contribution < 1.29 is 18.0 Å². The average molecular weight is 433 g/mol. The number of halogens is 1. The lowest BCUT2D eigenvalue weighted by molar-refractivity contribution is -0.132. The fourth-order valence-electron chi connectivity index (χ4n) is 2.68. The summed E-state index contributed by atoms with van der Waals surface area (Å²) in [7, 11) is -3.48. The van der Waals surface area contributed by atoms with Crippen LogP contribution in [-0.4, -0.2) is 55.5 Å². The number of carbonyl (C=O) groups excluding carboxylic acids is 2. The zero-order chi connectivity index (χ0) is 18.7. The molecule has 3 heterocycles. The summed E-state index contributed by atoms with van der Waals surface area (Å²) in [6.07, 6.45) is 0.245. The number of thiophene rings is 2. The maximum absolute atomic E-state index is 12.5. The molecule has 1 amide bonds. The van der Waals surface area contributed by atoms with Gasteiger partial charge in [0.2, 0.25) is 5.91 Å². The zero-order valence-electron chi connectivity index (χ0n) is 13.8. The summed E-state index contributed by atoms with van der Waals surface area (Å²) in [6, 6.07) is 6.61. The van der Waals surface area contributed by atoms with Gasteiger partial charge in [-0.15, -0.1) is 22.7 Å². The van der Waals surface area contributed by atoms with Gasteiger partial charge in [0, 0.05) is 39.0 Å². The number of Topliss-reactive ketones (excluding diaryl/α,β-unsaturated/α-hetero) is 1. The van der Waals surface area contributed by atoms with Crippen molar-refractivity contribution in [2.24, 2.45) is 0 Å². The molecule has 0 radical (unpaired) electrons. The SMILES string of the molecule is O=C(CCC(=O)N1CCN(S(=O)(=O)c2cccs2)CC1)c1ccc(Cl)s1. The molecule has 0 N–H and O–H groups in total. The molecule has 140 valence electrons. The third-order valence-corrected chi connectivity index (χ3v) is 8.64. The smallest absolute Gasteiger partial charge is 0.252 e. The van der Waals surface area contributed by atoms with Crippen LogP contribution < -0.4 is 0 Å². The van der Waals surface area contributed by atoms with Gasteiger partial charge < -0.3 is 4.90 Å². The standard InChI is InChI=1S/C16H17ClN2O4S3/c17-14-5-4-13(25-14)12(20)3-6-15(21)18-7-9-19(10-8-18)26(22,23)16-2-1-11-24-16/h1-2,4-5,11H,3,6-10H2. The van der Waals surface area contributed by atoms with Crippen molar-refractivity contribution >= 4 is 56.0 Å². The first-order valence-electron chi connectivity index (χ1n) is 7.98. The van der Waals surface area contributed by atoms with Gasteiger partial charge in [-0.1, -0.05) is 17.7 Å². The molecular formula is C16H17ClN2O4S3. The molecule has 0 bridgehead atoms. The predicted octanol–water partition coefficient (Wildman–Crippen LogP) is 2.96. The number of carbonyl (C=O) groups is 2. The fourth-order valence-corrected chi connectivity index (χ4v) is 6.26. The van der Waals surface area contributed by atoms with Crippen molar-refractivity contribution in [3.05, 3.63) is 38.9 Å². The van der Waals surface area contributed by atoms with Crippen LogP contribution >= 0.6 is 34.3 Å². The second-order valence-electron chi connectivity index (χ2n) is 5.74. The number of hydrogen-bond acceptors (Lipinski definition) is 6. The minimum Gasteiger partial charge on any atom is -0.340 e. The minimum absolute atomic E-state index is 0.103. The van der Waals surface area contributed by atoms with Crippen LogP contribution in [0.25, 0.3) is 0 Å². The largest absolute Gasteiger partial charge is 0.340 e. The van der Waals surface area contributed by atoms with Gasteiger partial charge >= 0.3 is 0 Å². The number of ketones is 1. The summed E-state index contributed by atoms with van der Waals surface area (Å²) in [5.74, 6) is -0.233. The van der Waals surface area contributed by atoms with Gasteiger partial charge in [-0.05, 0) is 23.6 Å². The summed E-state index contributed by atoms with van der Waals surface area (Å²) in [4.78, 5) is 26.5. The maximum Gasteiger partial charge on any atom is 0.252 e. The number of rotatable bonds is 6. The van der Waals surface area contributed by atoms with Gasteiger partial charge in [0.05, 0.1) is 9.21 Å². The lowest BCUT2D eigenvalue weighted by Gasteiger charge is -2.33. The van der Waals surface area contributed by atoms with E-state index in [0.717, 1.165) is 0 Å². The second-order valence-corrected chi connectivity index (χ2v) is 10.6. The van der Waals surface area contributed by atoms with Gasteiger partial charge in [-0.3, -0.25) is 9.59 Å². The van der Waals surface area contributed by atoms with Gasteiger partial charge in [0.25, 0.3) is 10.0 Å². The molecule has 26 heavy (non-hydrogen) atoms. The summed E-state index contributed by atoms with van der Waals surface area (Å²) in [6.45, 7) is 1.20. The van der Waals surface area contributed by atoms with Crippen LogP contribution in [0, 0.1) is 0 Å². The Morgan fingerprint density at radius 3 is 2.38 bits per heavy atom. The Bertz CT molecular complexity index is 885. The summed E-state index contributed by atoms with van der Waals surface area (Å²) in [5, 5.41) is 1.73. The van der Waals surface area contributed by atoms with E-state index in [9.17, 15) is 18.0 Å². The van der Waals surface area contributed by atoms with E-state index in [4.69, 9.17) is 11.6 Å². The topological polar surface area (TPSA) is 74.8 Å². The van der Waals surface area contributed by atoms with E-state index in [2.05, 4.69) is 0 Å². The number of piperazine rings is 1. The van der Waals surface area contributed by atoms with E-state index in [1.807, 2.05) is 0 Å². The van der Waals surface area contributed by atoms with E-state index < -0.39 is 10.0 Å². The second kappa shape index (κ2) is 8.18. The predicted molar refractivity (Wildman–Crippen MR) is 103 cm³/mol. The molecule has 0 saturated carbocycles. The lowest BCUT2D eigenvalue weighted by atomic mass is 10.1. The number of hydrogen-bond donors (Lipinski definition) is 0. The highest BCUT2D eigenvalue weighted by atomic mass is 35.5. The molecule has 3 rings (SSSR count). The van der Waals surface area contributed by atoms with Crippen LogP contribution in [0.3, 0.4) is 0 Å².